The third-order valence-corrected chi connectivity index (χ3v) is 5.37. The lowest BCUT2D eigenvalue weighted by atomic mass is 9.79. The Morgan fingerprint density at radius 2 is 1.83 bits per heavy atom. The van der Waals surface area contributed by atoms with Crippen LogP contribution < -0.4 is 10.6 Å². The van der Waals surface area contributed by atoms with Crippen molar-refractivity contribution in [2.24, 2.45) is 10.4 Å². The van der Waals surface area contributed by atoms with Crippen molar-refractivity contribution in [2.75, 3.05) is 19.7 Å². The molecule has 1 aromatic carbocycles. The highest BCUT2D eigenvalue weighted by Crippen LogP contribution is 2.29. The number of aliphatic imine (C=N–C) groups is 1. The fourth-order valence-electron chi connectivity index (χ4n) is 3.16. The van der Waals surface area contributed by atoms with E-state index < -0.39 is 0 Å². The molecule has 2 aromatic rings. The molecule has 0 bridgehead atoms. The molecule has 0 fully saturated rings. The Morgan fingerprint density at radius 1 is 1.14 bits per heavy atom. The summed E-state index contributed by atoms with van der Waals surface area (Å²) < 4.78 is 5.61. The van der Waals surface area contributed by atoms with Crippen molar-refractivity contribution in [2.45, 2.75) is 53.5 Å². The van der Waals surface area contributed by atoms with Gasteiger partial charge in [-0.25, -0.2) is 9.98 Å². The maximum atomic E-state index is 9.40. The zero-order valence-corrected chi connectivity index (χ0v) is 20.3. The van der Waals surface area contributed by atoms with Crippen molar-refractivity contribution in [3.05, 3.63) is 41.8 Å². The number of rotatable bonds is 10. The Bertz CT molecular complexity index is 740. The number of halogens is 1. The average molecular weight is 514 g/mol. The third-order valence-electron chi connectivity index (χ3n) is 5.37. The highest BCUT2D eigenvalue weighted by atomic mass is 127. The van der Waals surface area contributed by atoms with E-state index in [9.17, 15) is 5.11 Å². The van der Waals surface area contributed by atoms with E-state index in [4.69, 9.17) is 4.42 Å². The first-order chi connectivity index (χ1) is 13.6. The van der Waals surface area contributed by atoms with Crippen molar-refractivity contribution >= 4 is 29.9 Å². The largest absolute Gasteiger partial charge is 0.444 e. The molecule has 0 saturated carbocycles. The highest BCUT2D eigenvalue weighted by Gasteiger charge is 2.25. The minimum absolute atomic E-state index is 0. The molecule has 0 unspecified atom stereocenters. The normalized spacial score (nSPS) is 11.8. The summed E-state index contributed by atoms with van der Waals surface area (Å²) in [4.78, 5) is 9.20. The zero-order chi connectivity index (χ0) is 20.4. The molecule has 7 heteroatoms. The third kappa shape index (κ3) is 7.62. The maximum Gasteiger partial charge on any atom is 0.226 e. The van der Waals surface area contributed by atoms with Crippen molar-refractivity contribution in [3.63, 3.8) is 0 Å². The number of hydrogen-bond donors (Lipinski definition) is 3. The van der Waals surface area contributed by atoms with Crippen LogP contribution in [0.3, 0.4) is 0 Å². The van der Waals surface area contributed by atoms with E-state index in [2.05, 4.69) is 41.4 Å². The van der Waals surface area contributed by atoms with E-state index in [1.807, 2.05) is 31.2 Å². The lowest BCUT2D eigenvalue weighted by Gasteiger charge is -2.32. The Balaban J connectivity index is 0.00000420. The van der Waals surface area contributed by atoms with E-state index >= 15 is 0 Å². The van der Waals surface area contributed by atoms with Crippen LogP contribution in [0.1, 0.15) is 51.3 Å². The molecule has 0 amide bonds. The zero-order valence-electron chi connectivity index (χ0n) is 18.0. The van der Waals surface area contributed by atoms with E-state index in [1.165, 1.54) is 5.56 Å². The van der Waals surface area contributed by atoms with Crippen molar-refractivity contribution < 1.29 is 9.52 Å². The Hall–Kier alpha value is -1.61. The van der Waals surface area contributed by atoms with Crippen LogP contribution in [0, 0.1) is 12.3 Å². The first-order valence-corrected chi connectivity index (χ1v) is 10.2. The summed E-state index contributed by atoms with van der Waals surface area (Å²) in [7, 11) is 0. The van der Waals surface area contributed by atoms with E-state index in [-0.39, 0.29) is 36.0 Å². The predicted molar refractivity (Wildman–Crippen MR) is 130 cm³/mol. The fraction of sp³-hybridized carbons (Fsp3) is 0.545. The van der Waals surface area contributed by atoms with Gasteiger partial charge in [-0.2, -0.15) is 0 Å². The van der Waals surface area contributed by atoms with E-state index in [0.29, 0.717) is 12.4 Å². The van der Waals surface area contributed by atoms with Gasteiger partial charge in [0.2, 0.25) is 5.89 Å². The van der Waals surface area contributed by atoms with Gasteiger partial charge >= 0.3 is 0 Å². The summed E-state index contributed by atoms with van der Waals surface area (Å²) in [6.07, 6.45) is 4.48. The summed E-state index contributed by atoms with van der Waals surface area (Å²) in [6.45, 7) is 10.7. The summed E-state index contributed by atoms with van der Waals surface area (Å²) in [6, 6.07) is 8.11. The Labute approximate surface area is 191 Å². The molecule has 29 heavy (non-hydrogen) atoms. The number of oxazole rings is 1. The molecule has 162 valence electrons. The molecule has 6 nitrogen and oxygen atoms in total. The molecule has 0 aliphatic carbocycles. The minimum atomic E-state index is 0. The standard InChI is InChI=1S/C22H34N4O2.HI/c1-5-22(6-2,12-13-27)16-25-21(23-7-3)24-14-19-15-28-20(26-19)18-10-8-17(4)9-11-18;/h8-11,15,27H,5-7,12-14,16H2,1-4H3,(H2,23,24,25);1H. The monoisotopic (exact) mass is 514 g/mol. The van der Waals surface area contributed by atoms with Crippen LogP contribution in [-0.2, 0) is 6.54 Å². The number of hydrogen-bond acceptors (Lipinski definition) is 4. The van der Waals surface area contributed by atoms with Gasteiger partial charge in [0.1, 0.15) is 12.0 Å². The van der Waals surface area contributed by atoms with Gasteiger partial charge in [0.25, 0.3) is 0 Å². The number of nitrogens with one attached hydrogen (secondary N) is 2. The second-order valence-electron chi connectivity index (χ2n) is 7.24. The van der Waals surface area contributed by atoms with Crippen LogP contribution in [0.15, 0.2) is 39.9 Å². The van der Waals surface area contributed by atoms with Crippen LogP contribution in [0.25, 0.3) is 11.5 Å². The Morgan fingerprint density at radius 3 is 2.41 bits per heavy atom. The molecule has 0 spiro atoms. The molecule has 0 aliphatic heterocycles. The molecule has 2 rings (SSSR count). The lowest BCUT2D eigenvalue weighted by molar-refractivity contribution is 0.169. The van der Waals surface area contributed by atoms with E-state index in [1.54, 1.807) is 6.26 Å². The topological polar surface area (TPSA) is 82.7 Å². The molecule has 1 heterocycles. The van der Waals surface area contributed by atoms with Crippen LogP contribution >= 0.6 is 24.0 Å². The van der Waals surface area contributed by atoms with Gasteiger partial charge in [-0.05, 0) is 50.7 Å². The molecule has 0 radical (unpaired) electrons. The molecule has 1 aromatic heterocycles. The first kappa shape index (κ1) is 25.4. The number of aromatic nitrogens is 1. The quantitative estimate of drug-likeness (QED) is 0.247. The summed E-state index contributed by atoms with van der Waals surface area (Å²) in [5.74, 6) is 1.37. The van der Waals surface area contributed by atoms with Gasteiger partial charge in [0.15, 0.2) is 5.96 Å². The van der Waals surface area contributed by atoms with Crippen LogP contribution in [0.2, 0.25) is 0 Å². The van der Waals surface area contributed by atoms with Gasteiger partial charge in [0, 0.05) is 25.3 Å². The predicted octanol–water partition coefficient (Wildman–Crippen LogP) is 4.51. The SMILES string of the molecule is CCNC(=NCc1coc(-c2ccc(C)cc2)n1)NCC(CC)(CC)CCO.I. The fourth-order valence-corrected chi connectivity index (χ4v) is 3.16. The van der Waals surface area contributed by atoms with Crippen LogP contribution in [0.4, 0.5) is 0 Å². The molecular weight excluding hydrogens is 479 g/mol. The molecule has 0 atom stereocenters. The van der Waals surface area contributed by atoms with Gasteiger partial charge < -0.3 is 20.2 Å². The molecule has 0 saturated heterocycles. The van der Waals surface area contributed by atoms with Gasteiger partial charge in [-0.15, -0.1) is 24.0 Å². The number of aliphatic hydroxyl groups excluding tert-OH is 1. The highest BCUT2D eigenvalue weighted by molar-refractivity contribution is 14.0. The summed E-state index contributed by atoms with van der Waals surface area (Å²) in [5, 5.41) is 16.1. The number of nitrogens with zero attached hydrogens (tertiary/aromatic N) is 2. The van der Waals surface area contributed by atoms with Gasteiger partial charge in [-0.1, -0.05) is 31.5 Å². The number of aliphatic hydroxyl groups is 1. The van der Waals surface area contributed by atoms with Gasteiger partial charge in [0.05, 0.1) is 6.54 Å². The number of guanidine groups is 1. The second kappa shape index (κ2) is 12.8. The Kier molecular flexibility index (Phi) is 11.3. The molecule has 3 N–H and O–H groups in total. The average Bonchev–Trinajstić information content (AvgIpc) is 3.18. The first-order valence-electron chi connectivity index (χ1n) is 10.2. The van der Waals surface area contributed by atoms with Crippen molar-refractivity contribution in [3.8, 4) is 11.5 Å². The minimum Gasteiger partial charge on any atom is -0.444 e. The van der Waals surface area contributed by atoms with Crippen molar-refractivity contribution in [1.29, 1.82) is 0 Å². The number of benzene rings is 1. The van der Waals surface area contributed by atoms with Crippen molar-refractivity contribution in [1.82, 2.24) is 15.6 Å². The van der Waals surface area contributed by atoms with Gasteiger partial charge in [-0.3, -0.25) is 0 Å². The van der Waals surface area contributed by atoms with Crippen LogP contribution in [-0.4, -0.2) is 35.7 Å². The smallest absolute Gasteiger partial charge is 0.226 e. The summed E-state index contributed by atoms with van der Waals surface area (Å²) >= 11 is 0. The second-order valence-corrected chi connectivity index (χ2v) is 7.24. The van der Waals surface area contributed by atoms with E-state index in [0.717, 1.165) is 49.6 Å². The molecule has 0 aliphatic rings. The molecular formula is C22H35IN4O2. The lowest BCUT2D eigenvalue weighted by Crippen LogP contribution is -2.43. The maximum absolute atomic E-state index is 9.40. The summed E-state index contributed by atoms with van der Waals surface area (Å²) in [5.41, 5.74) is 3.04. The number of aryl methyl sites for hydroxylation is 1. The van der Waals surface area contributed by atoms with Crippen LogP contribution in [0.5, 0.6) is 0 Å².